The summed E-state index contributed by atoms with van der Waals surface area (Å²) >= 11 is 0. The lowest BCUT2D eigenvalue weighted by Gasteiger charge is -2.42. The standard InChI is InChI=1S/C12H19N3OS/c1-17(16)12-14-13-8-15(12)7-11-6-9-2-4-10(11)5-3-9/h8-11H,2-7H2,1H3. The highest BCUT2D eigenvalue weighted by Crippen LogP contribution is 2.45. The number of hydrogen-bond donors (Lipinski definition) is 0. The van der Waals surface area contributed by atoms with Crippen molar-refractivity contribution in [2.45, 2.75) is 43.8 Å². The molecular weight excluding hydrogens is 234 g/mol. The molecule has 2 atom stereocenters. The topological polar surface area (TPSA) is 47.8 Å². The Morgan fingerprint density at radius 1 is 1.41 bits per heavy atom. The summed E-state index contributed by atoms with van der Waals surface area (Å²) in [4.78, 5) is 0. The summed E-state index contributed by atoms with van der Waals surface area (Å²) in [6.45, 7) is 0.961. The maximum atomic E-state index is 11.5. The van der Waals surface area contributed by atoms with Crippen molar-refractivity contribution >= 4 is 10.8 Å². The minimum Gasteiger partial charge on any atom is -0.306 e. The van der Waals surface area contributed by atoms with E-state index >= 15 is 0 Å². The van der Waals surface area contributed by atoms with Gasteiger partial charge in [-0.25, -0.2) is 0 Å². The molecule has 2 bridgehead atoms. The van der Waals surface area contributed by atoms with Gasteiger partial charge >= 0.3 is 0 Å². The number of hydrogen-bond acceptors (Lipinski definition) is 3. The molecule has 0 N–H and O–H groups in total. The van der Waals surface area contributed by atoms with Gasteiger partial charge in [-0.2, -0.15) is 0 Å². The first-order valence-corrected chi connectivity index (χ1v) is 8.01. The van der Waals surface area contributed by atoms with Crippen LogP contribution in [0.4, 0.5) is 0 Å². The second kappa shape index (κ2) is 4.52. The number of nitrogens with zero attached hydrogens (tertiary/aromatic N) is 3. The van der Waals surface area contributed by atoms with Gasteiger partial charge in [0.1, 0.15) is 6.33 Å². The van der Waals surface area contributed by atoms with Crippen molar-refractivity contribution in [2.24, 2.45) is 17.8 Å². The average molecular weight is 253 g/mol. The first-order chi connectivity index (χ1) is 8.24. The Labute approximate surface area is 104 Å². The summed E-state index contributed by atoms with van der Waals surface area (Å²) in [5, 5.41) is 8.48. The molecule has 5 heteroatoms. The smallest absolute Gasteiger partial charge is 0.221 e. The van der Waals surface area contributed by atoms with Crippen LogP contribution in [0.25, 0.3) is 0 Å². The third kappa shape index (κ3) is 2.17. The van der Waals surface area contributed by atoms with Crippen molar-refractivity contribution in [3.05, 3.63) is 6.33 Å². The molecule has 0 aromatic carbocycles. The van der Waals surface area contributed by atoms with Gasteiger partial charge < -0.3 is 4.57 Å². The van der Waals surface area contributed by atoms with Crippen LogP contribution in [0.1, 0.15) is 32.1 Å². The van der Waals surface area contributed by atoms with Crippen LogP contribution in [0, 0.1) is 17.8 Å². The molecule has 1 aromatic rings. The van der Waals surface area contributed by atoms with Crippen molar-refractivity contribution in [3.8, 4) is 0 Å². The van der Waals surface area contributed by atoms with Crippen LogP contribution in [0.5, 0.6) is 0 Å². The summed E-state index contributed by atoms with van der Waals surface area (Å²) < 4.78 is 13.5. The third-order valence-corrected chi connectivity index (χ3v) is 5.29. The van der Waals surface area contributed by atoms with Gasteiger partial charge in [-0.05, 0) is 37.0 Å². The maximum Gasteiger partial charge on any atom is 0.221 e. The van der Waals surface area contributed by atoms with E-state index in [0.717, 1.165) is 24.3 Å². The first-order valence-electron chi connectivity index (χ1n) is 6.45. The van der Waals surface area contributed by atoms with Gasteiger partial charge in [0.2, 0.25) is 5.16 Å². The molecule has 0 radical (unpaired) electrons. The van der Waals surface area contributed by atoms with Crippen LogP contribution in [0.3, 0.4) is 0 Å². The Morgan fingerprint density at radius 2 is 2.18 bits per heavy atom. The minimum atomic E-state index is -1.03. The van der Waals surface area contributed by atoms with E-state index < -0.39 is 10.8 Å². The Morgan fingerprint density at radius 3 is 2.76 bits per heavy atom. The van der Waals surface area contributed by atoms with Crippen molar-refractivity contribution < 1.29 is 4.21 Å². The molecule has 1 heterocycles. The molecule has 94 valence electrons. The van der Waals surface area contributed by atoms with Crippen LogP contribution in [0.15, 0.2) is 11.5 Å². The predicted octanol–water partition coefficient (Wildman–Crippen LogP) is 1.84. The van der Waals surface area contributed by atoms with E-state index in [1.165, 1.54) is 32.1 Å². The number of fused-ring (bicyclic) bond motifs is 3. The third-order valence-electron chi connectivity index (χ3n) is 4.46. The van der Waals surface area contributed by atoms with Crippen molar-refractivity contribution in [3.63, 3.8) is 0 Å². The molecule has 0 saturated heterocycles. The summed E-state index contributed by atoms with van der Waals surface area (Å²) in [6, 6.07) is 0. The zero-order valence-electron chi connectivity index (χ0n) is 10.2. The molecule has 0 amide bonds. The Hall–Kier alpha value is -0.710. The van der Waals surface area contributed by atoms with Gasteiger partial charge in [-0.15, -0.1) is 10.2 Å². The Balaban J connectivity index is 1.74. The zero-order chi connectivity index (χ0) is 11.8. The quantitative estimate of drug-likeness (QED) is 0.826. The number of rotatable bonds is 3. The molecular formula is C12H19N3OS. The summed E-state index contributed by atoms with van der Waals surface area (Å²) in [6.07, 6.45) is 10.4. The van der Waals surface area contributed by atoms with Gasteiger partial charge in [0, 0.05) is 12.8 Å². The van der Waals surface area contributed by atoms with Crippen LogP contribution in [0.2, 0.25) is 0 Å². The summed E-state index contributed by atoms with van der Waals surface area (Å²) in [5.74, 6) is 2.57. The van der Waals surface area contributed by atoms with Crippen LogP contribution in [-0.4, -0.2) is 25.2 Å². The molecule has 3 aliphatic rings. The van der Waals surface area contributed by atoms with E-state index in [2.05, 4.69) is 10.2 Å². The van der Waals surface area contributed by atoms with E-state index in [1.54, 1.807) is 12.6 Å². The second-order valence-corrected chi connectivity index (χ2v) is 6.77. The molecule has 1 aromatic heterocycles. The van der Waals surface area contributed by atoms with Gasteiger partial charge in [-0.3, -0.25) is 4.21 Å². The highest BCUT2D eigenvalue weighted by Gasteiger charge is 2.35. The van der Waals surface area contributed by atoms with Gasteiger partial charge in [0.05, 0.1) is 10.8 Å². The van der Waals surface area contributed by atoms with Crippen LogP contribution in [-0.2, 0) is 17.3 Å². The monoisotopic (exact) mass is 253 g/mol. The SMILES string of the molecule is CS(=O)c1nncn1CC1CC2CCC1CC2. The molecule has 4 rings (SSSR count). The number of aromatic nitrogens is 3. The van der Waals surface area contributed by atoms with E-state index in [4.69, 9.17) is 0 Å². The van der Waals surface area contributed by atoms with Gasteiger partial charge in [-0.1, -0.05) is 12.8 Å². The molecule has 3 aliphatic carbocycles. The fraction of sp³-hybridized carbons (Fsp3) is 0.833. The van der Waals surface area contributed by atoms with Gasteiger partial charge in [0.15, 0.2) is 0 Å². The van der Waals surface area contributed by atoms with E-state index in [-0.39, 0.29) is 0 Å². The first kappa shape index (κ1) is 11.4. The Bertz CT molecular complexity index is 423. The Kier molecular flexibility index (Phi) is 3.03. The van der Waals surface area contributed by atoms with Crippen molar-refractivity contribution in [1.82, 2.24) is 14.8 Å². The lowest BCUT2D eigenvalue weighted by Crippen LogP contribution is -2.33. The zero-order valence-corrected chi connectivity index (χ0v) is 11.0. The van der Waals surface area contributed by atoms with Crippen LogP contribution >= 0.6 is 0 Å². The molecule has 3 saturated carbocycles. The van der Waals surface area contributed by atoms with E-state index in [9.17, 15) is 4.21 Å². The lowest BCUT2D eigenvalue weighted by atomic mass is 9.65. The lowest BCUT2D eigenvalue weighted by molar-refractivity contribution is 0.0850. The molecule has 0 aliphatic heterocycles. The van der Waals surface area contributed by atoms with Crippen molar-refractivity contribution in [2.75, 3.05) is 6.26 Å². The summed E-state index contributed by atoms with van der Waals surface area (Å²) in [7, 11) is -1.03. The maximum absolute atomic E-state index is 11.5. The fourth-order valence-corrected chi connectivity index (χ4v) is 4.20. The minimum absolute atomic E-state index is 0.631. The van der Waals surface area contributed by atoms with Gasteiger partial charge in [0.25, 0.3) is 0 Å². The molecule has 4 nitrogen and oxygen atoms in total. The highest BCUT2D eigenvalue weighted by atomic mass is 32.2. The molecule has 3 fully saturated rings. The fourth-order valence-electron chi connectivity index (χ4n) is 3.58. The summed E-state index contributed by atoms with van der Waals surface area (Å²) in [5.41, 5.74) is 0. The normalized spacial score (nSPS) is 33.8. The largest absolute Gasteiger partial charge is 0.306 e. The van der Waals surface area contributed by atoms with E-state index in [0.29, 0.717) is 5.16 Å². The van der Waals surface area contributed by atoms with Crippen LogP contribution < -0.4 is 0 Å². The molecule has 0 spiro atoms. The predicted molar refractivity (Wildman–Crippen MR) is 65.9 cm³/mol. The molecule has 17 heavy (non-hydrogen) atoms. The average Bonchev–Trinajstić information content (AvgIpc) is 2.79. The molecule has 2 unspecified atom stereocenters. The highest BCUT2D eigenvalue weighted by molar-refractivity contribution is 7.84. The van der Waals surface area contributed by atoms with E-state index in [1.807, 2.05) is 4.57 Å². The van der Waals surface area contributed by atoms with Crippen molar-refractivity contribution in [1.29, 1.82) is 0 Å². The second-order valence-electron chi connectivity index (χ2n) is 5.50.